The molecule has 0 heterocycles. The standard InChI is InChI=1S/C15H24N2O3/c1-6-17(7-2)12(19)15-9-8-14(5,13(15,3)4)10(16-20)11(15)18/h20H,6-9H2,1-5H3. The van der Waals surface area contributed by atoms with E-state index < -0.39 is 16.2 Å². The molecule has 0 aromatic heterocycles. The van der Waals surface area contributed by atoms with Crippen molar-refractivity contribution in [3.8, 4) is 0 Å². The van der Waals surface area contributed by atoms with Gasteiger partial charge in [-0.15, -0.1) is 0 Å². The summed E-state index contributed by atoms with van der Waals surface area (Å²) in [6, 6.07) is 0. The van der Waals surface area contributed by atoms with E-state index in [4.69, 9.17) is 0 Å². The molecule has 2 bridgehead atoms. The van der Waals surface area contributed by atoms with E-state index in [0.717, 1.165) is 0 Å². The minimum Gasteiger partial charge on any atom is -0.411 e. The third kappa shape index (κ3) is 1.31. The van der Waals surface area contributed by atoms with Gasteiger partial charge >= 0.3 is 0 Å². The van der Waals surface area contributed by atoms with Crippen molar-refractivity contribution in [1.29, 1.82) is 0 Å². The Bertz CT molecular complexity index is 493. The first kappa shape index (κ1) is 15.0. The van der Waals surface area contributed by atoms with Gasteiger partial charge in [0.25, 0.3) is 0 Å². The number of Topliss-reactive ketones (excluding diaryl/α,β-unsaturated/α-hetero) is 1. The maximum Gasteiger partial charge on any atom is 0.237 e. The topological polar surface area (TPSA) is 70.0 Å². The number of amides is 1. The van der Waals surface area contributed by atoms with Crippen LogP contribution in [0.4, 0.5) is 0 Å². The fourth-order valence-corrected chi connectivity index (χ4v) is 4.21. The average Bonchev–Trinajstić information content (AvgIpc) is 2.67. The molecule has 0 aliphatic heterocycles. The van der Waals surface area contributed by atoms with Crippen LogP contribution in [0.5, 0.6) is 0 Å². The fraction of sp³-hybridized carbons (Fsp3) is 0.800. The zero-order valence-corrected chi connectivity index (χ0v) is 13.0. The highest BCUT2D eigenvalue weighted by Gasteiger charge is 2.77. The summed E-state index contributed by atoms with van der Waals surface area (Å²) >= 11 is 0. The summed E-state index contributed by atoms with van der Waals surface area (Å²) in [5.41, 5.74) is -1.94. The molecule has 2 fully saturated rings. The molecule has 2 aliphatic rings. The van der Waals surface area contributed by atoms with E-state index in [0.29, 0.717) is 25.9 Å². The van der Waals surface area contributed by atoms with Crippen molar-refractivity contribution in [2.75, 3.05) is 13.1 Å². The predicted octanol–water partition coefficient (Wildman–Crippen LogP) is 2.08. The highest BCUT2D eigenvalue weighted by molar-refractivity contribution is 6.50. The Morgan fingerprint density at radius 3 is 2.20 bits per heavy atom. The van der Waals surface area contributed by atoms with Gasteiger partial charge in [-0.1, -0.05) is 25.9 Å². The Morgan fingerprint density at radius 1 is 1.25 bits per heavy atom. The molecule has 0 spiro atoms. The van der Waals surface area contributed by atoms with E-state index in [1.54, 1.807) is 4.90 Å². The zero-order valence-electron chi connectivity index (χ0n) is 13.0. The number of carbonyl (C=O) groups is 2. The first-order valence-electron chi connectivity index (χ1n) is 7.31. The number of hydrogen-bond acceptors (Lipinski definition) is 4. The molecule has 2 unspecified atom stereocenters. The van der Waals surface area contributed by atoms with Gasteiger partial charge in [0.2, 0.25) is 5.91 Å². The number of rotatable bonds is 3. The minimum atomic E-state index is -1.06. The Balaban J connectivity index is 2.61. The fourth-order valence-electron chi connectivity index (χ4n) is 4.21. The van der Waals surface area contributed by atoms with E-state index in [1.807, 2.05) is 34.6 Å². The molecule has 0 radical (unpaired) electrons. The van der Waals surface area contributed by atoms with Crippen LogP contribution in [0.15, 0.2) is 5.16 Å². The maximum atomic E-state index is 13.0. The van der Waals surface area contributed by atoms with Gasteiger partial charge in [-0.3, -0.25) is 9.59 Å². The highest BCUT2D eigenvalue weighted by Crippen LogP contribution is 2.69. The average molecular weight is 280 g/mol. The van der Waals surface area contributed by atoms with E-state index in [9.17, 15) is 14.8 Å². The molecule has 0 saturated heterocycles. The molecule has 2 saturated carbocycles. The van der Waals surface area contributed by atoms with E-state index >= 15 is 0 Å². The summed E-state index contributed by atoms with van der Waals surface area (Å²) in [6.07, 6.45) is 1.25. The third-order valence-corrected chi connectivity index (χ3v) is 6.09. The maximum absolute atomic E-state index is 13.0. The van der Waals surface area contributed by atoms with Crippen LogP contribution < -0.4 is 0 Å². The van der Waals surface area contributed by atoms with Crippen molar-refractivity contribution < 1.29 is 14.8 Å². The van der Waals surface area contributed by atoms with Gasteiger partial charge in [0, 0.05) is 18.5 Å². The molecule has 2 aliphatic carbocycles. The first-order chi connectivity index (χ1) is 9.24. The van der Waals surface area contributed by atoms with Crippen molar-refractivity contribution in [2.24, 2.45) is 21.4 Å². The number of nitrogens with zero attached hydrogens (tertiary/aromatic N) is 2. The van der Waals surface area contributed by atoms with Crippen LogP contribution in [0.25, 0.3) is 0 Å². The smallest absolute Gasteiger partial charge is 0.237 e. The summed E-state index contributed by atoms with van der Waals surface area (Å²) < 4.78 is 0. The Hall–Kier alpha value is -1.39. The molecule has 0 aromatic rings. The van der Waals surface area contributed by atoms with Crippen LogP contribution in [0.1, 0.15) is 47.5 Å². The van der Waals surface area contributed by atoms with Gasteiger partial charge in [-0.2, -0.15) is 0 Å². The number of fused-ring (bicyclic) bond motifs is 2. The van der Waals surface area contributed by atoms with E-state index in [2.05, 4.69) is 5.16 Å². The lowest BCUT2D eigenvalue weighted by Crippen LogP contribution is -2.52. The van der Waals surface area contributed by atoms with E-state index in [1.165, 1.54) is 0 Å². The summed E-state index contributed by atoms with van der Waals surface area (Å²) in [4.78, 5) is 27.5. The van der Waals surface area contributed by atoms with Crippen molar-refractivity contribution in [2.45, 2.75) is 47.5 Å². The van der Waals surface area contributed by atoms with Gasteiger partial charge in [0.05, 0.1) is 0 Å². The predicted molar refractivity (Wildman–Crippen MR) is 75.7 cm³/mol. The summed E-state index contributed by atoms with van der Waals surface area (Å²) in [5, 5.41) is 12.5. The van der Waals surface area contributed by atoms with Crippen LogP contribution in [0, 0.1) is 16.2 Å². The molecule has 5 nitrogen and oxygen atoms in total. The zero-order chi connectivity index (χ0) is 15.3. The monoisotopic (exact) mass is 280 g/mol. The van der Waals surface area contributed by atoms with Crippen molar-refractivity contribution in [1.82, 2.24) is 4.90 Å². The molecular weight excluding hydrogens is 256 g/mol. The Morgan fingerprint density at radius 2 is 1.80 bits per heavy atom. The lowest BCUT2D eigenvalue weighted by atomic mass is 9.64. The lowest BCUT2D eigenvalue weighted by Gasteiger charge is -2.40. The second-order valence-corrected chi connectivity index (χ2v) is 6.62. The van der Waals surface area contributed by atoms with Crippen molar-refractivity contribution in [3.05, 3.63) is 0 Å². The second-order valence-electron chi connectivity index (χ2n) is 6.62. The SMILES string of the molecule is CCN(CC)C(=O)C12CCC(C)(C(=NO)C1=O)C2(C)C. The van der Waals surface area contributed by atoms with Crippen LogP contribution >= 0.6 is 0 Å². The summed E-state index contributed by atoms with van der Waals surface area (Å²) in [6.45, 7) is 10.9. The van der Waals surface area contributed by atoms with Gasteiger partial charge in [-0.25, -0.2) is 0 Å². The minimum absolute atomic E-state index is 0.111. The summed E-state index contributed by atoms with van der Waals surface area (Å²) in [7, 11) is 0. The van der Waals surface area contributed by atoms with Gasteiger partial charge in [-0.05, 0) is 32.1 Å². The van der Waals surface area contributed by atoms with E-state index in [-0.39, 0.29) is 17.4 Å². The quantitative estimate of drug-likeness (QED) is 0.489. The normalized spacial score (nSPS) is 36.6. The molecule has 5 heteroatoms. The van der Waals surface area contributed by atoms with Crippen LogP contribution in [-0.4, -0.2) is 40.6 Å². The Kier molecular flexibility index (Phi) is 3.23. The second kappa shape index (κ2) is 4.30. The molecule has 2 atom stereocenters. The van der Waals surface area contributed by atoms with Crippen molar-refractivity contribution in [3.63, 3.8) is 0 Å². The molecule has 0 aromatic carbocycles. The number of oxime groups is 1. The first-order valence-corrected chi connectivity index (χ1v) is 7.31. The highest BCUT2D eigenvalue weighted by atomic mass is 16.4. The summed E-state index contributed by atoms with van der Waals surface area (Å²) in [5.74, 6) is -0.393. The van der Waals surface area contributed by atoms with Crippen LogP contribution in [0.3, 0.4) is 0 Å². The molecule has 2 rings (SSSR count). The number of hydrogen-bond donors (Lipinski definition) is 1. The molecule has 20 heavy (non-hydrogen) atoms. The Labute approximate surface area is 120 Å². The molecule has 112 valence electrons. The van der Waals surface area contributed by atoms with Crippen LogP contribution in [0.2, 0.25) is 0 Å². The lowest BCUT2D eigenvalue weighted by molar-refractivity contribution is -0.152. The number of carbonyl (C=O) groups excluding carboxylic acids is 2. The van der Waals surface area contributed by atoms with Crippen molar-refractivity contribution >= 4 is 17.4 Å². The van der Waals surface area contributed by atoms with Gasteiger partial charge < -0.3 is 10.1 Å². The molecule has 1 amide bonds. The largest absolute Gasteiger partial charge is 0.411 e. The molecule has 1 N–H and O–H groups in total. The number of ketones is 1. The van der Waals surface area contributed by atoms with Gasteiger partial charge in [0.15, 0.2) is 5.78 Å². The van der Waals surface area contributed by atoms with Crippen LogP contribution in [-0.2, 0) is 9.59 Å². The molecular formula is C15H24N2O3. The third-order valence-electron chi connectivity index (χ3n) is 6.09. The van der Waals surface area contributed by atoms with Gasteiger partial charge in [0.1, 0.15) is 11.1 Å².